The monoisotopic (exact) mass is 276 g/mol. The standard InChI is InChI=1S/C18H32N2/c1-7-8-16(5)20(6)18-10-9-15(4)11-17(18)13-19-12-14(2)3/h9-11,14,16,19H,7-8,12-13H2,1-6H3. The molecule has 0 spiro atoms. The Labute approximate surface area is 125 Å². The molecule has 20 heavy (non-hydrogen) atoms. The lowest BCUT2D eigenvalue weighted by Gasteiger charge is -2.29. The fourth-order valence-corrected chi connectivity index (χ4v) is 2.54. The Balaban J connectivity index is 2.83. The lowest BCUT2D eigenvalue weighted by Crippen LogP contribution is -2.30. The van der Waals surface area contributed by atoms with Crippen molar-refractivity contribution < 1.29 is 0 Å². The topological polar surface area (TPSA) is 15.3 Å². The third kappa shape index (κ3) is 5.16. The first-order chi connectivity index (χ1) is 9.45. The van der Waals surface area contributed by atoms with E-state index < -0.39 is 0 Å². The van der Waals surface area contributed by atoms with E-state index in [-0.39, 0.29) is 0 Å². The summed E-state index contributed by atoms with van der Waals surface area (Å²) in [5.41, 5.74) is 4.12. The summed E-state index contributed by atoms with van der Waals surface area (Å²) in [5, 5.41) is 3.57. The number of nitrogens with zero attached hydrogens (tertiary/aromatic N) is 1. The van der Waals surface area contributed by atoms with Gasteiger partial charge in [-0.1, -0.05) is 44.9 Å². The lowest BCUT2D eigenvalue weighted by molar-refractivity contribution is 0.550. The summed E-state index contributed by atoms with van der Waals surface area (Å²) in [4.78, 5) is 2.43. The van der Waals surface area contributed by atoms with E-state index in [4.69, 9.17) is 0 Å². The molecule has 0 aliphatic carbocycles. The van der Waals surface area contributed by atoms with E-state index in [0.717, 1.165) is 13.1 Å². The van der Waals surface area contributed by atoms with Gasteiger partial charge in [0.2, 0.25) is 0 Å². The molecule has 0 fully saturated rings. The Bertz CT molecular complexity index is 398. The molecule has 1 aromatic rings. The minimum Gasteiger partial charge on any atom is -0.372 e. The normalized spacial score (nSPS) is 12.8. The Morgan fingerprint density at radius 3 is 2.50 bits per heavy atom. The highest BCUT2D eigenvalue weighted by atomic mass is 15.1. The van der Waals surface area contributed by atoms with Crippen molar-refractivity contribution in [2.75, 3.05) is 18.5 Å². The molecule has 1 rings (SSSR count). The second-order valence-corrected chi connectivity index (χ2v) is 6.41. The summed E-state index contributed by atoms with van der Waals surface area (Å²) >= 11 is 0. The highest BCUT2D eigenvalue weighted by Crippen LogP contribution is 2.24. The lowest BCUT2D eigenvalue weighted by atomic mass is 10.1. The van der Waals surface area contributed by atoms with Gasteiger partial charge in [0.05, 0.1) is 0 Å². The number of anilines is 1. The van der Waals surface area contributed by atoms with Gasteiger partial charge in [-0.05, 0) is 44.4 Å². The van der Waals surface area contributed by atoms with Gasteiger partial charge in [0, 0.05) is 25.3 Å². The van der Waals surface area contributed by atoms with Crippen LogP contribution in [-0.4, -0.2) is 19.6 Å². The van der Waals surface area contributed by atoms with Crippen molar-refractivity contribution in [3.63, 3.8) is 0 Å². The summed E-state index contributed by atoms with van der Waals surface area (Å²) in [7, 11) is 2.22. The van der Waals surface area contributed by atoms with Crippen molar-refractivity contribution in [1.82, 2.24) is 5.32 Å². The van der Waals surface area contributed by atoms with E-state index in [0.29, 0.717) is 12.0 Å². The number of benzene rings is 1. The molecule has 1 aromatic carbocycles. The van der Waals surface area contributed by atoms with Crippen LogP contribution >= 0.6 is 0 Å². The van der Waals surface area contributed by atoms with Crippen LogP contribution in [0.4, 0.5) is 5.69 Å². The largest absolute Gasteiger partial charge is 0.372 e. The summed E-state index contributed by atoms with van der Waals surface area (Å²) in [6.07, 6.45) is 2.47. The zero-order valence-electron chi connectivity index (χ0n) is 14.2. The molecule has 0 saturated heterocycles. The molecule has 2 heteroatoms. The van der Waals surface area contributed by atoms with Crippen LogP contribution in [0.3, 0.4) is 0 Å². The van der Waals surface area contributed by atoms with Crippen molar-refractivity contribution in [3.8, 4) is 0 Å². The van der Waals surface area contributed by atoms with Gasteiger partial charge in [0.15, 0.2) is 0 Å². The molecule has 0 heterocycles. The van der Waals surface area contributed by atoms with Crippen molar-refractivity contribution in [1.29, 1.82) is 0 Å². The average Bonchev–Trinajstić information content (AvgIpc) is 2.38. The molecule has 2 nitrogen and oxygen atoms in total. The molecule has 114 valence electrons. The van der Waals surface area contributed by atoms with Gasteiger partial charge in [-0.3, -0.25) is 0 Å². The van der Waals surface area contributed by atoms with Crippen LogP contribution in [0.5, 0.6) is 0 Å². The quantitative estimate of drug-likeness (QED) is 0.758. The SMILES string of the molecule is CCCC(C)N(C)c1ccc(C)cc1CNCC(C)C. The summed E-state index contributed by atoms with van der Waals surface area (Å²) in [6.45, 7) is 13.3. The molecule has 1 atom stereocenters. The average molecular weight is 276 g/mol. The number of hydrogen-bond acceptors (Lipinski definition) is 2. The molecule has 0 amide bonds. The molecule has 0 aromatic heterocycles. The van der Waals surface area contributed by atoms with Gasteiger partial charge in [-0.2, -0.15) is 0 Å². The molecule has 1 unspecified atom stereocenters. The molecule has 0 bridgehead atoms. The number of nitrogens with one attached hydrogen (secondary N) is 1. The first-order valence-electron chi connectivity index (χ1n) is 7.98. The van der Waals surface area contributed by atoms with Crippen LogP contribution < -0.4 is 10.2 Å². The molecule has 0 radical (unpaired) electrons. The maximum absolute atomic E-state index is 3.57. The maximum Gasteiger partial charge on any atom is 0.0411 e. The van der Waals surface area contributed by atoms with E-state index in [2.05, 4.69) is 70.1 Å². The minimum atomic E-state index is 0.589. The smallest absolute Gasteiger partial charge is 0.0411 e. The van der Waals surface area contributed by atoms with Gasteiger partial charge in [0.25, 0.3) is 0 Å². The van der Waals surface area contributed by atoms with Gasteiger partial charge < -0.3 is 10.2 Å². The maximum atomic E-state index is 3.57. The molecule has 0 aliphatic heterocycles. The van der Waals surface area contributed by atoms with Crippen molar-refractivity contribution >= 4 is 5.69 Å². The summed E-state index contributed by atoms with van der Waals surface area (Å²) in [6, 6.07) is 7.40. The predicted octanol–water partition coefficient (Wildman–Crippen LogP) is 4.37. The molecule has 1 N–H and O–H groups in total. The van der Waals surface area contributed by atoms with Gasteiger partial charge in [-0.15, -0.1) is 0 Å². The van der Waals surface area contributed by atoms with Gasteiger partial charge in [-0.25, -0.2) is 0 Å². The van der Waals surface area contributed by atoms with Crippen LogP contribution in [0.25, 0.3) is 0 Å². The Hall–Kier alpha value is -1.02. The van der Waals surface area contributed by atoms with Crippen LogP contribution in [0.2, 0.25) is 0 Å². The zero-order valence-corrected chi connectivity index (χ0v) is 14.2. The van der Waals surface area contributed by atoms with Gasteiger partial charge >= 0.3 is 0 Å². The Morgan fingerprint density at radius 1 is 1.20 bits per heavy atom. The van der Waals surface area contributed by atoms with E-state index in [1.54, 1.807) is 0 Å². The minimum absolute atomic E-state index is 0.589. The van der Waals surface area contributed by atoms with Crippen LogP contribution in [-0.2, 0) is 6.54 Å². The Morgan fingerprint density at radius 2 is 1.90 bits per heavy atom. The molecular weight excluding hydrogens is 244 g/mol. The third-order valence-electron chi connectivity index (χ3n) is 3.85. The molecular formula is C18H32N2. The fourth-order valence-electron chi connectivity index (χ4n) is 2.54. The zero-order chi connectivity index (χ0) is 15.1. The van der Waals surface area contributed by atoms with Crippen molar-refractivity contribution in [3.05, 3.63) is 29.3 Å². The van der Waals surface area contributed by atoms with Crippen molar-refractivity contribution in [2.24, 2.45) is 5.92 Å². The predicted molar refractivity (Wildman–Crippen MR) is 90.5 cm³/mol. The van der Waals surface area contributed by atoms with Crippen molar-refractivity contribution in [2.45, 2.75) is 60.0 Å². The first-order valence-corrected chi connectivity index (χ1v) is 7.98. The molecule has 0 aliphatic rings. The van der Waals surface area contributed by atoms with E-state index in [1.807, 2.05) is 0 Å². The second-order valence-electron chi connectivity index (χ2n) is 6.41. The van der Waals surface area contributed by atoms with Gasteiger partial charge in [0.1, 0.15) is 0 Å². The van der Waals surface area contributed by atoms with E-state index in [9.17, 15) is 0 Å². The Kier molecular flexibility index (Phi) is 7.08. The summed E-state index contributed by atoms with van der Waals surface area (Å²) < 4.78 is 0. The fraction of sp³-hybridized carbons (Fsp3) is 0.667. The number of rotatable bonds is 8. The third-order valence-corrected chi connectivity index (χ3v) is 3.85. The highest BCUT2D eigenvalue weighted by Gasteiger charge is 2.13. The van der Waals surface area contributed by atoms with E-state index >= 15 is 0 Å². The van der Waals surface area contributed by atoms with E-state index in [1.165, 1.54) is 29.7 Å². The second kappa shape index (κ2) is 8.31. The van der Waals surface area contributed by atoms with Crippen LogP contribution in [0.15, 0.2) is 18.2 Å². The number of hydrogen-bond donors (Lipinski definition) is 1. The van der Waals surface area contributed by atoms with Crippen LogP contribution in [0.1, 0.15) is 51.7 Å². The first kappa shape index (κ1) is 17.0. The van der Waals surface area contributed by atoms with Crippen LogP contribution in [0, 0.1) is 12.8 Å². The summed E-state index contributed by atoms with van der Waals surface area (Å²) in [5.74, 6) is 0.694. The molecule has 0 saturated carbocycles. The number of aryl methyl sites for hydroxylation is 1. The highest BCUT2D eigenvalue weighted by molar-refractivity contribution is 5.55.